The van der Waals surface area contributed by atoms with Crippen LogP contribution in [0.4, 0.5) is 0 Å². The van der Waals surface area contributed by atoms with Crippen molar-refractivity contribution in [2.45, 2.75) is 30.3 Å². The summed E-state index contributed by atoms with van der Waals surface area (Å²) in [5, 5.41) is 1.61. The third kappa shape index (κ3) is 3.71. The van der Waals surface area contributed by atoms with Crippen molar-refractivity contribution in [1.82, 2.24) is 9.21 Å². The highest BCUT2D eigenvalue weighted by molar-refractivity contribution is 7.89. The van der Waals surface area contributed by atoms with E-state index in [1.165, 1.54) is 15.3 Å². The fourth-order valence-corrected chi connectivity index (χ4v) is 5.93. The summed E-state index contributed by atoms with van der Waals surface area (Å²) in [6.45, 7) is 1.48. The van der Waals surface area contributed by atoms with Crippen LogP contribution in [-0.2, 0) is 19.6 Å². The van der Waals surface area contributed by atoms with Crippen LogP contribution in [0, 0.1) is 0 Å². The Bertz CT molecular complexity index is 755. The Hall–Kier alpha value is -1.49. The number of hydrogen-bond donors (Lipinski definition) is 1. The molecule has 1 aromatic heterocycles. The lowest BCUT2D eigenvalue weighted by atomic mass is 10.2. The summed E-state index contributed by atoms with van der Waals surface area (Å²) in [7, 11) is -3.69. The Balaban J connectivity index is 1.83. The van der Waals surface area contributed by atoms with Crippen LogP contribution in [0.1, 0.15) is 28.9 Å². The van der Waals surface area contributed by atoms with Gasteiger partial charge in [-0.2, -0.15) is 4.31 Å². The largest absolute Gasteiger partial charge is 0.367 e. The molecule has 2 fully saturated rings. The molecule has 2 amide bonds. The van der Waals surface area contributed by atoms with Crippen LogP contribution in [0.15, 0.2) is 16.3 Å². The third-order valence-corrected chi connectivity index (χ3v) is 7.40. The number of rotatable bonds is 4. The van der Waals surface area contributed by atoms with Crippen LogP contribution in [0.5, 0.6) is 0 Å². The monoisotopic (exact) mass is 387 g/mol. The lowest BCUT2D eigenvalue weighted by Crippen LogP contribution is -2.50. The highest BCUT2D eigenvalue weighted by atomic mass is 32.2. The normalized spacial score (nSPS) is 22.7. The lowest BCUT2D eigenvalue weighted by molar-refractivity contribution is -0.133. The van der Waals surface area contributed by atoms with Gasteiger partial charge in [-0.25, -0.2) is 8.42 Å². The molecule has 2 saturated heterocycles. The molecular weight excluding hydrogens is 366 g/mol. The van der Waals surface area contributed by atoms with E-state index >= 15 is 0 Å². The van der Waals surface area contributed by atoms with Crippen molar-refractivity contribution in [2.24, 2.45) is 5.73 Å². The number of carbonyl (C=O) groups is 2. The number of amides is 2. The van der Waals surface area contributed by atoms with Gasteiger partial charge in [0.1, 0.15) is 9.77 Å². The number of thiophene rings is 1. The molecule has 3 heterocycles. The van der Waals surface area contributed by atoms with Crippen LogP contribution in [0.25, 0.3) is 0 Å². The van der Waals surface area contributed by atoms with Gasteiger partial charge in [-0.05, 0) is 24.3 Å². The summed E-state index contributed by atoms with van der Waals surface area (Å²) in [6, 6.07) is 1.48. The van der Waals surface area contributed by atoms with Crippen LogP contribution in [-0.4, -0.2) is 68.3 Å². The smallest absolute Gasteiger partial charge is 0.265 e. The Morgan fingerprint density at radius 2 is 1.92 bits per heavy atom. The Kier molecular flexibility index (Phi) is 5.42. The molecule has 0 bridgehead atoms. The SMILES string of the molecule is NC(=O)C1CN(C(=O)c2sccc2S(=O)(=O)N2CCCCC2)CCO1. The Morgan fingerprint density at radius 1 is 1.20 bits per heavy atom. The first-order chi connectivity index (χ1) is 11.9. The van der Waals surface area contributed by atoms with Gasteiger partial charge in [-0.15, -0.1) is 11.3 Å². The molecule has 0 aliphatic carbocycles. The van der Waals surface area contributed by atoms with Gasteiger partial charge in [0.25, 0.3) is 5.91 Å². The van der Waals surface area contributed by atoms with E-state index in [4.69, 9.17) is 10.5 Å². The Labute approximate surface area is 150 Å². The van der Waals surface area contributed by atoms with Crippen LogP contribution < -0.4 is 5.73 Å². The van der Waals surface area contributed by atoms with Crippen molar-refractivity contribution in [3.8, 4) is 0 Å². The number of nitrogens with two attached hydrogens (primary N) is 1. The second kappa shape index (κ2) is 7.40. The Morgan fingerprint density at radius 3 is 2.60 bits per heavy atom. The summed E-state index contributed by atoms with van der Waals surface area (Å²) < 4.78 is 32.5. The third-order valence-electron chi connectivity index (χ3n) is 4.43. The van der Waals surface area contributed by atoms with E-state index in [1.807, 2.05) is 0 Å². The average molecular weight is 387 g/mol. The zero-order valence-electron chi connectivity index (χ0n) is 13.7. The minimum absolute atomic E-state index is 0.0370. The number of piperidine rings is 1. The summed E-state index contributed by atoms with van der Waals surface area (Å²) in [6.07, 6.45) is 1.82. The molecule has 0 radical (unpaired) electrons. The molecule has 3 rings (SSSR count). The van der Waals surface area contributed by atoms with Crippen molar-refractivity contribution >= 4 is 33.2 Å². The number of nitrogens with zero attached hydrogens (tertiary/aromatic N) is 2. The van der Waals surface area contributed by atoms with Gasteiger partial charge in [-0.1, -0.05) is 6.42 Å². The number of hydrogen-bond acceptors (Lipinski definition) is 6. The minimum atomic E-state index is -3.69. The zero-order chi connectivity index (χ0) is 18.0. The molecule has 8 nitrogen and oxygen atoms in total. The van der Waals surface area contributed by atoms with E-state index in [-0.39, 0.29) is 22.9 Å². The van der Waals surface area contributed by atoms with Crippen molar-refractivity contribution < 1.29 is 22.7 Å². The standard InChI is InChI=1S/C15H21N3O5S2/c16-14(19)11-10-17(7-8-23-11)15(20)13-12(4-9-24-13)25(21,22)18-5-2-1-3-6-18/h4,9,11H,1-3,5-8,10H2,(H2,16,19). The van der Waals surface area contributed by atoms with Crippen LogP contribution in [0.3, 0.4) is 0 Å². The number of morpholine rings is 1. The summed E-state index contributed by atoms with van der Waals surface area (Å²) >= 11 is 1.10. The molecule has 0 aromatic carbocycles. The van der Waals surface area contributed by atoms with Gasteiger partial charge in [0.15, 0.2) is 6.10 Å². The maximum Gasteiger partial charge on any atom is 0.265 e. The lowest BCUT2D eigenvalue weighted by Gasteiger charge is -2.31. The minimum Gasteiger partial charge on any atom is -0.367 e. The molecule has 1 atom stereocenters. The van der Waals surface area contributed by atoms with Gasteiger partial charge in [0.05, 0.1) is 13.2 Å². The van der Waals surface area contributed by atoms with Gasteiger partial charge in [-0.3, -0.25) is 9.59 Å². The second-order valence-corrected chi connectivity index (χ2v) is 8.91. The highest BCUT2D eigenvalue weighted by Crippen LogP contribution is 2.28. The fraction of sp³-hybridized carbons (Fsp3) is 0.600. The number of primary amides is 1. The molecule has 0 spiro atoms. The van der Waals surface area contributed by atoms with E-state index in [9.17, 15) is 18.0 Å². The molecule has 25 heavy (non-hydrogen) atoms. The van der Waals surface area contributed by atoms with Crippen molar-refractivity contribution in [3.63, 3.8) is 0 Å². The van der Waals surface area contributed by atoms with Crippen LogP contribution >= 0.6 is 11.3 Å². The zero-order valence-corrected chi connectivity index (χ0v) is 15.4. The number of carbonyl (C=O) groups excluding carboxylic acids is 2. The topological polar surface area (TPSA) is 110 Å². The van der Waals surface area contributed by atoms with E-state index in [1.54, 1.807) is 5.38 Å². The molecule has 2 aliphatic rings. The molecule has 2 N–H and O–H groups in total. The molecule has 0 saturated carbocycles. The first-order valence-electron chi connectivity index (χ1n) is 8.19. The maximum atomic E-state index is 12.9. The maximum absolute atomic E-state index is 12.9. The van der Waals surface area contributed by atoms with Crippen LogP contribution in [0.2, 0.25) is 0 Å². The van der Waals surface area contributed by atoms with Crippen molar-refractivity contribution in [2.75, 3.05) is 32.8 Å². The summed E-state index contributed by atoms with van der Waals surface area (Å²) in [5.74, 6) is -1.04. The van der Waals surface area contributed by atoms with E-state index in [2.05, 4.69) is 0 Å². The molecule has 1 unspecified atom stereocenters. The van der Waals surface area contributed by atoms with E-state index < -0.39 is 27.9 Å². The van der Waals surface area contributed by atoms with Crippen molar-refractivity contribution in [1.29, 1.82) is 0 Å². The fourth-order valence-electron chi connectivity index (χ4n) is 3.05. The summed E-state index contributed by atoms with van der Waals surface area (Å²) in [4.78, 5) is 25.8. The average Bonchev–Trinajstić information content (AvgIpc) is 3.12. The van der Waals surface area contributed by atoms with Crippen molar-refractivity contribution in [3.05, 3.63) is 16.3 Å². The van der Waals surface area contributed by atoms with E-state index in [0.717, 1.165) is 30.6 Å². The van der Waals surface area contributed by atoms with Gasteiger partial charge in [0, 0.05) is 19.6 Å². The molecule has 2 aliphatic heterocycles. The highest BCUT2D eigenvalue weighted by Gasteiger charge is 2.34. The van der Waals surface area contributed by atoms with Gasteiger partial charge >= 0.3 is 0 Å². The van der Waals surface area contributed by atoms with Gasteiger partial charge < -0.3 is 15.4 Å². The van der Waals surface area contributed by atoms with E-state index in [0.29, 0.717) is 19.6 Å². The number of ether oxygens (including phenoxy) is 1. The molecular formula is C15H21N3O5S2. The quantitative estimate of drug-likeness (QED) is 0.796. The first-order valence-corrected chi connectivity index (χ1v) is 10.5. The number of sulfonamides is 1. The molecule has 1 aromatic rings. The second-order valence-electron chi connectivity index (χ2n) is 6.09. The predicted octanol–water partition coefficient (Wildman–Crippen LogP) is 0.249. The molecule has 138 valence electrons. The first kappa shape index (κ1) is 18.3. The predicted molar refractivity (Wildman–Crippen MR) is 91.8 cm³/mol. The van der Waals surface area contributed by atoms with Gasteiger partial charge in [0.2, 0.25) is 15.9 Å². The summed E-state index contributed by atoms with van der Waals surface area (Å²) in [5.41, 5.74) is 5.24. The molecule has 10 heteroatoms.